The standard InChI is InChI=1S/C13H16FN3OS/c1-2-3-4-12-16-13(18-17-12)8-19-11-6-9(14)5-10(15)7-11/h5-7H,2-4,8,15H2,1H3. The molecule has 1 aromatic carbocycles. The monoisotopic (exact) mass is 281 g/mol. The number of nitrogen functional groups attached to an aromatic ring is 1. The average Bonchev–Trinajstić information content (AvgIpc) is 2.81. The molecule has 4 nitrogen and oxygen atoms in total. The van der Waals surface area contributed by atoms with E-state index < -0.39 is 0 Å². The second-order valence-corrected chi connectivity index (χ2v) is 5.27. The molecule has 0 saturated heterocycles. The normalized spacial score (nSPS) is 10.8. The minimum absolute atomic E-state index is 0.336. The molecule has 19 heavy (non-hydrogen) atoms. The van der Waals surface area contributed by atoms with Crippen molar-refractivity contribution >= 4 is 17.4 Å². The predicted molar refractivity (Wildman–Crippen MR) is 73.3 cm³/mol. The second kappa shape index (κ2) is 6.56. The Balaban J connectivity index is 1.92. The fourth-order valence-corrected chi connectivity index (χ4v) is 2.42. The summed E-state index contributed by atoms with van der Waals surface area (Å²) in [6.07, 6.45) is 2.98. The minimum atomic E-state index is -0.336. The number of halogens is 1. The van der Waals surface area contributed by atoms with E-state index >= 15 is 0 Å². The molecule has 1 aromatic heterocycles. The van der Waals surface area contributed by atoms with E-state index in [2.05, 4.69) is 17.1 Å². The highest BCUT2D eigenvalue weighted by Crippen LogP contribution is 2.25. The van der Waals surface area contributed by atoms with E-state index in [1.807, 2.05) is 0 Å². The molecule has 0 aliphatic heterocycles. The van der Waals surface area contributed by atoms with Gasteiger partial charge in [0.25, 0.3) is 0 Å². The maximum atomic E-state index is 13.2. The number of aromatic nitrogens is 2. The maximum absolute atomic E-state index is 13.2. The third-order valence-corrected chi connectivity index (χ3v) is 3.48. The van der Waals surface area contributed by atoms with Crippen molar-refractivity contribution in [3.8, 4) is 0 Å². The number of rotatable bonds is 6. The van der Waals surface area contributed by atoms with Crippen LogP contribution < -0.4 is 5.73 Å². The van der Waals surface area contributed by atoms with Crippen molar-refractivity contribution in [1.82, 2.24) is 10.1 Å². The Labute approximate surface area is 115 Å². The first-order valence-corrected chi connectivity index (χ1v) is 7.16. The summed E-state index contributed by atoms with van der Waals surface area (Å²) in [4.78, 5) is 5.04. The van der Waals surface area contributed by atoms with Gasteiger partial charge in [0, 0.05) is 17.0 Å². The van der Waals surface area contributed by atoms with Crippen molar-refractivity contribution in [2.24, 2.45) is 0 Å². The molecule has 102 valence electrons. The average molecular weight is 281 g/mol. The van der Waals surface area contributed by atoms with Gasteiger partial charge in [-0.1, -0.05) is 18.5 Å². The molecule has 0 saturated carbocycles. The van der Waals surface area contributed by atoms with E-state index in [1.54, 1.807) is 6.07 Å². The fraction of sp³-hybridized carbons (Fsp3) is 0.385. The van der Waals surface area contributed by atoms with Crippen LogP contribution in [-0.4, -0.2) is 10.1 Å². The zero-order valence-electron chi connectivity index (χ0n) is 10.7. The van der Waals surface area contributed by atoms with Crippen LogP contribution in [0, 0.1) is 5.82 Å². The van der Waals surface area contributed by atoms with E-state index in [4.69, 9.17) is 10.3 Å². The molecule has 6 heteroatoms. The molecule has 2 rings (SSSR count). The summed E-state index contributed by atoms with van der Waals surface area (Å²) in [7, 11) is 0. The summed E-state index contributed by atoms with van der Waals surface area (Å²) < 4.78 is 18.3. The molecule has 0 aliphatic carbocycles. The third-order valence-electron chi connectivity index (χ3n) is 2.52. The maximum Gasteiger partial charge on any atom is 0.237 e. The van der Waals surface area contributed by atoms with Crippen LogP contribution in [0.2, 0.25) is 0 Å². The number of aryl methyl sites for hydroxylation is 1. The predicted octanol–water partition coefficient (Wildman–Crippen LogP) is 3.43. The molecular formula is C13H16FN3OS. The van der Waals surface area contributed by atoms with Gasteiger partial charge >= 0.3 is 0 Å². The van der Waals surface area contributed by atoms with Crippen molar-refractivity contribution in [2.75, 3.05) is 5.73 Å². The first-order chi connectivity index (χ1) is 9.17. The molecule has 0 amide bonds. The summed E-state index contributed by atoms with van der Waals surface area (Å²) >= 11 is 1.42. The van der Waals surface area contributed by atoms with Gasteiger partial charge in [-0.25, -0.2) is 4.39 Å². The van der Waals surface area contributed by atoms with E-state index in [-0.39, 0.29) is 5.82 Å². The Hall–Kier alpha value is -1.56. The van der Waals surface area contributed by atoms with Crippen LogP contribution in [0.5, 0.6) is 0 Å². The third kappa shape index (κ3) is 4.24. The minimum Gasteiger partial charge on any atom is -0.399 e. The summed E-state index contributed by atoms with van der Waals surface area (Å²) in [5.41, 5.74) is 6.00. The topological polar surface area (TPSA) is 64.9 Å². The van der Waals surface area contributed by atoms with E-state index in [1.165, 1.54) is 23.9 Å². The van der Waals surface area contributed by atoms with Gasteiger partial charge in [-0.2, -0.15) is 4.98 Å². The van der Waals surface area contributed by atoms with Crippen LogP contribution in [0.3, 0.4) is 0 Å². The SMILES string of the molecule is CCCCc1noc(CSc2cc(N)cc(F)c2)n1. The largest absolute Gasteiger partial charge is 0.399 e. The number of hydrogen-bond acceptors (Lipinski definition) is 5. The molecule has 0 radical (unpaired) electrons. The highest BCUT2D eigenvalue weighted by molar-refractivity contribution is 7.98. The van der Waals surface area contributed by atoms with Gasteiger partial charge in [-0.05, 0) is 24.6 Å². The van der Waals surface area contributed by atoms with Gasteiger partial charge < -0.3 is 10.3 Å². The molecule has 1 heterocycles. The lowest BCUT2D eigenvalue weighted by molar-refractivity contribution is 0.384. The summed E-state index contributed by atoms with van der Waals surface area (Å²) in [5.74, 6) is 1.47. The van der Waals surface area contributed by atoms with Crippen LogP contribution in [-0.2, 0) is 12.2 Å². The van der Waals surface area contributed by atoms with Gasteiger partial charge in [0.05, 0.1) is 5.75 Å². The number of nitrogens with two attached hydrogens (primary N) is 1. The number of hydrogen-bond donors (Lipinski definition) is 1. The molecular weight excluding hydrogens is 265 g/mol. The Morgan fingerprint density at radius 2 is 2.21 bits per heavy atom. The smallest absolute Gasteiger partial charge is 0.237 e. The molecule has 0 bridgehead atoms. The van der Waals surface area contributed by atoms with Gasteiger partial charge in [0.2, 0.25) is 5.89 Å². The summed E-state index contributed by atoms with van der Waals surface area (Å²) in [6.45, 7) is 2.12. The summed E-state index contributed by atoms with van der Waals surface area (Å²) in [6, 6.07) is 4.46. The first-order valence-electron chi connectivity index (χ1n) is 6.17. The molecule has 0 aliphatic rings. The second-order valence-electron chi connectivity index (χ2n) is 4.22. The molecule has 0 fully saturated rings. The van der Waals surface area contributed by atoms with E-state index in [0.717, 1.165) is 30.0 Å². The number of thioether (sulfide) groups is 1. The van der Waals surface area contributed by atoms with Gasteiger partial charge in [0.15, 0.2) is 5.82 Å². The van der Waals surface area contributed by atoms with Gasteiger partial charge in [-0.15, -0.1) is 11.8 Å². The zero-order chi connectivity index (χ0) is 13.7. The Bertz CT molecular complexity index is 524. The molecule has 2 aromatic rings. The van der Waals surface area contributed by atoms with E-state index in [0.29, 0.717) is 17.3 Å². The lowest BCUT2D eigenvalue weighted by Gasteiger charge is -2.00. The zero-order valence-corrected chi connectivity index (χ0v) is 11.5. The van der Waals surface area contributed by atoms with Crippen molar-refractivity contribution in [1.29, 1.82) is 0 Å². The van der Waals surface area contributed by atoms with Crippen LogP contribution in [0.1, 0.15) is 31.5 Å². The van der Waals surface area contributed by atoms with E-state index in [9.17, 15) is 4.39 Å². The van der Waals surface area contributed by atoms with Crippen molar-refractivity contribution < 1.29 is 8.91 Å². The molecule has 0 unspecified atom stereocenters. The highest BCUT2D eigenvalue weighted by Gasteiger charge is 2.07. The van der Waals surface area contributed by atoms with Crippen molar-refractivity contribution in [2.45, 2.75) is 36.8 Å². The molecule has 0 spiro atoms. The van der Waals surface area contributed by atoms with Gasteiger partial charge in [0.1, 0.15) is 5.82 Å². The Morgan fingerprint density at radius 3 is 2.95 bits per heavy atom. The number of nitrogens with zero attached hydrogens (tertiary/aromatic N) is 2. The quantitative estimate of drug-likeness (QED) is 0.649. The van der Waals surface area contributed by atoms with Gasteiger partial charge in [-0.3, -0.25) is 0 Å². The number of benzene rings is 1. The highest BCUT2D eigenvalue weighted by atomic mass is 32.2. The Kier molecular flexibility index (Phi) is 4.79. The van der Waals surface area contributed by atoms with Crippen LogP contribution in [0.25, 0.3) is 0 Å². The fourth-order valence-electron chi connectivity index (χ4n) is 1.60. The van der Waals surface area contributed by atoms with Crippen LogP contribution >= 0.6 is 11.8 Å². The lowest BCUT2D eigenvalue weighted by Crippen LogP contribution is -1.89. The Morgan fingerprint density at radius 1 is 1.37 bits per heavy atom. The first kappa shape index (κ1) is 13.9. The number of anilines is 1. The summed E-state index contributed by atoms with van der Waals surface area (Å²) in [5, 5.41) is 3.90. The lowest BCUT2D eigenvalue weighted by atomic mass is 10.2. The molecule has 0 atom stereocenters. The van der Waals surface area contributed by atoms with Crippen molar-refractivity contribution in [3.63, 3.8) is 0 Å². The van der Waals surface area contributed by atoms with Crippen LogP contribution in [0.15, 0.2) is 27.6 Å². The van der Waals surface area contributed by atoms with Crippen LogP contribution in [0.4, 0.5) is 10.1 Å². The number of unbranched alkanes of at least 4 members (excludes halogenated alkanes) is 1. The molecule has 2 N–H and O–H groups in total. The van der Waals surface area contributed by atoms with Crippen molar-refractivity contribution in [3.05, 3.63) is 35.7 Å².